The first-order chi connectivity index (χ1) is 9.69. The van der Waals surface area contributed by atoms with Gasteiger partial charge in [0.15, 0.2) is 0 Å². The molecule has 0 aromatic heterocycles. The van der Waals surface area contributed by atoms with Gasteiger partial charge in [0.05, 0.1) is 0 Å². The third-order valence-electron chi connectivity index (χ3n) is 3.85. The number of hydrogen-bond acceptors (Lipinski definition) is 3. The number of anilines is 1. The van der Waals surface area contributed by atoms with Crippen molar-refractivity contribution in [2.75, 3.05) is 25.0 Å². The molecule has 1 heterocycles. The third-order valence-corrected chi connectivity index (χ3v) is 3.85. The van der Waals surface area contributed by atoms with Gasteiger partial charge in [0.2, 0.25) is 5.91 Å². The number of piperidine rings is 1. The fraction of sp³-hybridized carbons (Fsp3) is 0.562. The molecule has 1 amide bonds. The second-order valence-electron chi connectivity index (χ2n) is 5.66. The molecule has 3 N–H and O–H groups in total. The summed E-state index contributed by atoms with van der Waals surface area (Å²) in [4.78, 5) is 14.3. The Hall–Kier alpha value is -1.39. The molecule has 1 aliphatic rings. The number of rotatable bonds is 5. The summed E-state index contributed by atoms with van der Waals surface area (Å²) in [5.41, 5.74) is 7.63. The number of nitrogens with zero attached hydrogens (tertiary/aromatic N) is 1. The fourth-order valence-electron chi connectivity index (χ4n) is 2.50. The van der Waals surface area contributed by atoms with Gasteiger partial charge in [-0.1, -0.05) is 25.5 Å². The second kappa shape index (κ2) is 7.41. The van der Waals surface area contributed by atoms with Gasteiger partial charge in [-0.15, -0.1) is 0 Å². The Labute approximate surface area is 121 Å². The van der Waals surface area contributed by atoms with Crippen molar-refractivity contribution < 1.29 is 4.79 Å². The molecule has 1 saturated heterocycles. The van der Waals surface area contributed by atoms with Crippen LogP contribution in [0.4, 0.5) is 5.69 Å². The topological polar surface area (TPSA) is 58.4 Å². The molecule has 0 spiro atoms. The molecule has 0 bridgehead atoms. The minimum absolute atomic E-state index is 0.0115. The SMILES string of the molecule is CC(CN)C(=O)Nc1cccc(CN2CCCCC2)c1. The molecule has 4 heteroatoms. The van der Waals surface area contributed by atoms with Crippen molar-refractivity contribution in [1.82, 2.24) is 4.90 Å². The number of likely N-dealkylation sites (tertiary alicyclic amines) is 1. The van der Waals surface area contributed by atoms with Crippen molar-refractivity contribution in [2.24, 2.45) is 11.7 Å². The maximum atomic E-state index is 11.8. The predicted octanol–water partition coefficient (Wildman–Crippen LogP) is 2.21. The van der Waals surface area contributed by atoms with Crippen LogP contribution in [0.3, 0.4) is 0 Å². The van der Waals surface area contributed by atoms with Gasteiger partial charge < -0.3 is 11.1 Å². The van der Waals surface area contributed by atoms with Crippen LogP contribution in [0, 0.1) is 5.92 Å². The zero-order chi connectivity index (χ0) is 14.4. The summed E-state index contributed by atoms with van der Waals surface area (Å²) in [5, 5.41) is 2.93. The average Bonchev–Trinajstić information content (AvgIpc) is 2.47. The van der Waals surface area contributed by atoms with Gasteiger partial charge in [0.25, 0.3) is 0 Å². The molecule has 0 aliphatic carbocycles. The van der Waals surface area contributed by atoms with Crippen molar-refractivity contribution in [3.63, 3.8) is 0 Å². The van der Waals surface area contributed by atoms with Gasteiger partial charge >= 0.3 is 0 Å². The lowest BCUT2D eigenvalue weighted by atomic mass is 10.1. The third kappa shape index (κ3) is 4.32. The highest BCUT2D eigenvalue weighted by molar-refractivity contribution is 5.92. The van der Waals surface area contributed by atoms with E-state index in [1.807, 2.05) is 19.1 Å². The Morgan fingerprint density at radius 3 is 2.80 bits per heavy atom. The summed E-state index contributed by atoms with van der Waals surface area (Å²) in [5.74, 6) is -0.164. The van der Waals surface area contributed by atoms with Crippen LogP contribution in [0.1, 0.15) is 31.7 Å². The van der Waals surface area contributed by atoms with Gasteiger partial charge in [0.1, 0.15) is 0 Å². The number of carbonyl (C=O) groups is 1. The van der Waals surface area contributed by atoms with Gasteiger partial charge in [-0.3, -0.25) is 9.69 Å². The largest absolute Gasteiger partial charge is 0.330 e. The normalized spacial score (nSPS) is 17.7. The molecule has 1 aromatic carbocycles. The van der Waals surface area contributed by atoms with E-state index in [4.69, 9.17) is 5.73 Å². The highest BCUT2D eigenvalue weighted by Crippen LogP contribution is 2.16. The molecule has 1 atom stereocenters. The molecular weight excluding hydrogens is 250 g/mol. The van der Waals surface area contributed by atoms with E-state index in [1.165, 1.54) is 37.9 Å². The van der Waals surface area contributed by atoms with E-state index in [0.29, 0.717) is 6.54 Å². The fourth-order valence-corrected chi connectivity index (χ4v) is 2.50. The van der Waals surface area contributed by atoms with Crippen LogP contribution in [0.15, 0.2) is 24.3 Å². The predicted molar refractivity (Wildman–Crippen MR) is 82.4 cm³/mol. The Bertz CT molecular complexity index is 441. The highest BCUT2D eigenvalue weighted by Gasteiger charge is 2.12. The number of nitrogens with two attached hydrogens (primary N) is 1. The zero-order valence-corrected chi connectivity index (χ0v) is 12.3. The summed E-state index contributed by atoms with van der Waals surface area (Å²) in [6.07, 6.45) is 3.94. The Morgan fingerprint density at radius 1 is 1.35 bits per heavy atom. The van der Waals surface area contributed by atoms with Crippen LogP contribution in [-0.2, 0) is 11.3 Å². The first-order valence-electron chi connectivity index (χ1n) is 7.51. The van der Waals surface area contributed by atoms with Crippen LogP contribution < -0.4 is 11.1 Å². The van der Waals surface area contributed by atoms with E-state index in [1.54, 1.807) is 0 Å². The molecule has 20 heavy (non-hydrogen) atoms. The minimum atomic E-state index is -0.152. The standard InChI is InChI=1S/C16H25N3O/c1-13(11-17)16(20)18-15-7-5-6-14(10-15)12-19-8-3-2-4-9-19/h5-7,10,13H,2-4,8-9,11-12,17H2,1H3,(H,18,20). The summed E-state index contributed by atoms with van der Waals surface area (Å²) < 4.78 is 0. The highest BCUT2D eigenvalue weighted by atomic mass is 16.1. The number of nitrogens with one attached hydrogen (secondary N) is 1. The van der Waals surface area contributed by atoms with E-state index in [0.717, 1.165) is 12.2 Å². The number of amides is 1. The molecule has 1 aromatic rings. The Kier molecular flexibility index (Phi) is 5.56. The molecule has 1 unspecified atom stereocenters. The van der Waals surface area contributed by atoms with Gasteiger partial charge in [-0.05, 0) is 43.6 Å². The second-order valence-corrected chi connectivity index (χ2v) is 5.66. The van der Waals surface area contributed by atoms with Crippen molar-refractivity contribution in [1.29, 1.82) is 0 Å². The number of benzene rings is 1. The lowest BCUT2D eigenvalue weighted by Gasteiger charge is -2.26. The minimum Gasteiger partial charge on any atom is -0.330 e. The average molecular weight is 275 g/mol. The summed E-state index contributed by atoms with van der Waals surface area (Å²) in [7, 11) is 0. The van der Waals surface area contributed by atoms with Crippen LogP contribution in [0.25, 0.3) is 0 Å². The van der Waals surface area contributed by atoms with Gasteiger partial charge in [0, 0.05) is 24.7 Å². The van der Waals surface area contributed by atoms with Crippen LogP contribution in [-0.4, -0.2) is 30.4 Å². The van der Waals surface area contributed by atoms with E-state index >= 15 is 0 Å². The molecule has 0 radical (unpaired) electrons. The van der Waals surface area contributed by atoms with Crippen LogP contribution in [0.5, 0.6) is 0 Å². The van der Waals surface area contributed by atoms with Crippen LogP contribution in [0.2, 0.25) is 0 Å². The summed E-state index contributed by atoms with van der Waals surface area (Å²) in [6.45, 7) is 5.55. The first kappa shape index (κ1) is 15.0. The Morgan fingerprint density at radius 2 is 2.10 bits per heavy atom. The van der Waals surface area contributed by atoms with Crippen molar-refractivity contribution in [3.8, 4) is 0 Å². The van der Waals surface area contributed by atoms with E-state index in [-0.39, 0.29) is 11.8 Å². The molecule has 110 valence electrons. The van der Waals surface area contributed by atoms with Crippen LogP contribution >= 0.6 is 0 Å². The lowest BCUT2D eigenvalue weighted by molar-refractivity contribution is -0.119. The number of hydrogen-bond donors (Lipinski definition) is 2. The maximum Gasteiger partial charge on any atom is 0.228 e. The monoisotopic (exact) mass is 275 g/mol. The molecule has 1 aliphatic heterocycles. The zero-order valence-electron chi connectivity index (χ0n) is 12.3. The molecule has 2 rings (SSSR count). The smallest absolute Gasteiger partial charge is 0.228 e. The van der Waals surface area contributed by atoms with E-state index in [9.17, 15) is 4.79 Å². The number of carbonyl (C=O) groups excluding carboxylic acids is 1. The first-order valence-corrected chi connectivity index (χ1v) is 7.51. The van der Waals surface area contributed by atoms with Crippen molar-refractivity contribution in [3.05, 3.63) is 29.8 Å². The van der Waals surface area contributed by atoms with Gasteiger partial charge in [-0.2, -0.15) is 0 Å². The maximum absolute atomic E-state index is 11.8. The molecule has 4 nitrogen and oxygen atoms in total. The quantitative estimate of drug-likeness (QED) is 0.866. The molecular formula is C16H25N3O. The van der Waals surface area contributed by atoms with E-state index < -0.39 is 0 Å². The van der Waals surface area contributed by atoms with Crippen molar-refractivity contribution in [2.45, 2.75) is 32.7 Å². The molecule has 0 saturated carbocycles. The molecule has 1 fully saturated rings. The van der Waals surface area contributed by atoms with Gasteiger partial charge in [-0.25, -0.2) is 0 Å². The summed E-state index contributed by atoms with van der Waals surface area (Å²) >= 11 is 0. The van der Waals surface area contributed by atoms with Crippen molar-refractivity contribution >= 4 is 11.6 Å². The van der Waals surface area contributed by atoms with E-state index in [2.05, 4.69) is 22.3 Å². The summed E-state index contributed by atoms with van der Waals surface area (Å²) in [6, 6.07) is 8.12. The lowest BCUT2D eigenvalue weighted by Crippen LogP contribution is -2.29. The Balaban J connectivity index is 1.94.